The number of benzene rings is 1. The van der Waals surface area contributed by atoms with Gasteiger partial charge in [0.25, 0.3) is 0 Å². The van der Waals surface area contributed by atoms with Crippen molar-refractivity contribution in [1.82, 2.24) is 0 Å². The van der Waals surface area contributed by atoms with E-state index in [1.54, 1.807) is 38.1 Å². The molecule has 1 aromatic carbocycles. The van der Waals surface area contributed by atoms with E-state index in [2.05, 4.69) is 0 Å². The first-order valence-corrected chi connectivity index (χ1v) is 5.08. The summed E-state index contributed by atoms with van der Waals surface area (Å²) >= 11 is 0. The fourth-order valence-electron chi connectivity index (χ4n) is 1.54. The maximum atomic E-state index is 13.3. The number of rotatable bonds is 2. The van der Waals surface area contributed by atoms with E-state index in [9.17, 15) is 9.50 Å². The number of halogens is 1. The molecule has 84 valence electrons. The number of aryl methyl sites for hydroxylation is 2. The Morgan fingerprint density at radius 3 is 2.50 bits per heavy atom. The van der Waals surface area contributed by atoms with E-state index in [-0.39, 0.29) is 5.82 Å². The van der Waals surface area contributed by atoms with Gasteiger partial charge in [-0.3, -0.25) is 0 Å². The van der Waals surface area contributed by atoms with Crippen LogP contribution in [0.1, 0.15) is 28.8 Å². The first-order chi connectivity index (χ1) is 7.58. The lowest BCUT2D eigenvalue weighted by molar-refractivity contribution is 0.187. The lowest BCUT2D eigenvalue weighted by Crippen LogP contribution is -1.99. The Morgan fingerprint density at radius 2 is 1.94 bits per heavy atom. The minimum Gasteiger partial charge on any atom is -0.463 e. The van der Waals surface area contributed by atoms with Crippen LogP contribution in [0.15, 0.2) is 34.7 Å². The summed E-state index contributed by atoms with van der Waals surface area (Å²) in [6.45, 7) is 3.48. The molecule has 1 aromatic heterocycles. The predicted molar refractivity (Wildman–Crippen MR) is 58.6 cm³/mol. The summed E-state index contributed by atoms with van der Waals surface area (Å²) in [4.78, 5) is 0. The van der Waals surface area contributed by atoms with Crippen molar-refractivity contribution >= 4 is 0 Å². The Morgan fingerprint density at radius 1 is 1.19 bits per heavy atom. The molecule has 0 aliphatic carbocycles. The van der Waals surface area contributed by atoms with Gasteiger partial charge in [-0.25, -0.2) is 4.39 Å². The van der Waals surface area contributed by atoms with E-state index in [0.717, 1.165) is 5.76 Å². The van der Waals surface area contributed by atoms with Crippen molar-refractivity contribution in [3.63, 3.8) is 0 Å². The van der Waals surface area contributed by atoms with Gasteiger partial charge in [0.05, 0.1) is 0 Å². The third-order valence-corrected chi connectivity index (χ3v) is 2.54. The van der Waals surface area contributed by atoms with E-state index < -0.39 is 6.10 Å². The molecule has 1 N–H and O–H groups in total. The molecule has 1 heterocycles. The van der Waals surface area contributed by atoms with Crippen LogP contribution in [0.5, 0.6) is 0 Å². The molecule has 0 saturated heterocycles. The summed E-state index contributed by atoms with van der Waals surface area (Å²) in [7, 11) is 0. The number of aliphatic hydroxyl groups is 1. The smallest absolute Gasteiger partial charge is 0.137 e. The van der Waals surface area contributed by atoms with Gasteiger partial charge in [-0.2, -0.15) is 0 Å². The lowest BCUT2D eigenvalue weighted by Gasteiger charge is -2.09. The van der Waals surface area contributed by atoms with Gasteiger partial charge in [0.15, 0.2) is 0 Å². The second-order valence-corrected chi connectivity index (χ2v) is 3.86. The molecule has 0 fully saturated rings. The van der Waals surface area contributed by atoms with Crippen LogP contribution in [-0.2, 0) is 0 Å². The Bertz CT molecular complexity index is 502. The summed E-state index contributed by atoms with van der Waals surface area (Å²) in [5, 5.41) is 9.96. The van der Waals surface area contributed by atoms with Crippen molar-refractivity contribution in [1.29, 1.82) is 0 Å². The highest BCUT2D eigenvalue weighted by atomic mass is 19.1. The molecule has 1 atom stereocenters. The molecular formula is C13H13FO2. The van der Waals surface area contributed by atoms with Gasteiger partial charge >= 0.3 is 0 Å². The molecule has 3 heteroatoms. The minimum absolute atomic E-state index is 0.320. The zero-order valence-electron chi connectivity index (χ0n) is 9.20. The first kappa shape index (κ1) is 10.9. The molecular weight excluding hydrogens is 207 g/mol. The topological polar surface area (TPSA) is 33.4 Å². The standard InChI is InChI=1S/C13H13FO2/c1-8-3-5-10(7-11(8)14)13(15)12-6-4-9(2)16-12/h3-7,13,15H,1-2H3. The van der Waals surface area contributed by atoms with Crippen LogP contribution in [0.25, 0.3) is 0 Å². The Hall–Kier alpha value is -1.61. The van der Waals surface area contributed by atoms with Crippen LogP contribution in [0.4, 0.5) is 4.39 Å². The fraction of sp³-hybridized carbons (Fsp3) is 0.231. The molecule has 1 unspecified atom stereocenters. The molecule has 0 bridgehead atoms. The largest absolute Gasteiger partial charge is 0.463 e. The number of furan rings is 1. The molecule has 0 spiro atoms. The summed E-state index contributed by atoms with van der Waals surface area (Å²) in [6.07, 6.45) is -0.913. The Labute approximate surface area is 93.3 Å². The molecule has 16 heavy (non-hydrogen) atoms. The minimum atomic E-state index is -0.913. The summed E-state index contributed by atoms with van der Waals surface area (Å²) in [5.74, 6) is 0.835. The molecule has 0 aliphatic rings. The Balaban J connectivity index is 2.33. The van der Waals surface area contributed by atoms with Crippen LogP contribution in [-0.4, -0.2) is 5.11 Å². The fourth-order valence-corrected chi connectivity index (χ4v) is 1.54. The highest BCUT2D eigenvalue weighted by Gasteiger charge is 2.15. The number of aliphatic hydroxyl groups excluding tert-OH is 1. The van der Waals surface area contributed by atoms with Gasteiger partial charge in [0, 0.05) is 0 Å². The van der Waals surface area contributed by atoms with Crippen molar-refractivity contribution in [3.05, 3.63) is 58.8 Å². The normalized spacial score (nSPS) is 12.8. The van der Waals surface area contributed by atoms with Gasteiger partial charge in [0.1, 0.15) is 23.4 Å². The number of hydrogen-bond acceptors (Lipinski definition) is 2. The molecule has 2 rings (SSSR count). The Kier molecular flexibility index (Phi) is 2.79. The van der Waals surface area contributed by atoms with Gasteiger partial charge in [-0.15, -0.1) is 0 Å². The zero-order valence-corrected chi connectivity index (χ0v) is 9.20. The maximum absolute atomic E-state index is 13.3. The van der Waals surface area contributed by atoms with Crippen LogP contribution in [0.2, 0.25) is 0 Å². The van der Waals surface area contributed by atoms with Crippen molar-refractivity contribution in [3.8, 4) is 0 Å². The highest BCUT2D eigenvalue weighted by molar-refractivity contribution is 5.29. The van der Waals surface area contributed by atoms with E-state index in [1.807, 2.05) is 0 Å². The molecule has 2 nitrogen and oxygen atoms in total. The molecule has 2 aromatic rings. The van der Waals surface area contributed by atoms with Crippen LogP contribution >= 0.6 is 0 Å². The third-order valence-electron chi connectivity index (χ3n) is 2.54. The van der Waals surface area contributed by atoms with Crippen LogP contribution in [0, 0.1) is 19.7 Å². The SMILES string of the molecule is Cc1ccc(C(O)c2ccc(C)c(F)c2)o1. The maximum Gasteiger partial charge on any atom is 0.137 e. The molecule has 0 saturated carbocycles. The second-order valence-electron chi connectivity index (χ2n) is 3.86. The molecule has 0 aliphatic heterocycles. The molecule has 0 radical (unpaired) electrons. The van der Waals surface area contributed by atoms with Gasteiger partial charge in [0.2, 0.25) is 0 Å². The molecule has 0 amide bonds. The summed E-state index contributed by atoms with van der Waals surface area (Å²) < 4.78 is 18.6. The van der Waals surface area contributed by atoms with Crippen molar-refractivity contribution in [2.75, 3.05) is 0 Å². The van der Waals surface area contributed by atoms with E-state index >= 15 is 0 Å². The second kappa shape index (κ2) is 4.10. The van der Waals surface area contributed by atoms with Crippen molar-refractivity contribution in [2.24, 2.45) is 0 Å². The average Bonchev–Trinajstić information content (AvgIpc) is 2.68. The third kappa shape index (κ3) is 1.99. The van der Waals surface area contributed by atoms with Gasteiger partial charge in [-0.1, -0.05) is 12.1 Å². The van der Waals surface area contributed by atoms with Gasteiger partial charge in [-0.05, 0) is 43.2 Å². The lowest BCUT2D eigenvalue weighted by atomic mass is 10.1. The van der Waals surface area contributed by atoms with Crippen LogP contribution in [0.3, 0.4) is 0 Å². The van der Waals surface area contributed by atoms with Crippen molar-refractivity contribution < 1.29 is 13.9 Å². The first-order valence-electron chi connectivity index (χ1n) is 5.08. The van der Waals surface area contributed by atoms with Gasteiger partial charge < -0.3 is 9.52 Å². The van der Waals surface area contributed by atoms with E-state index in [0.29, 0.717) is 16.9 Å². The summed E-state index contributed by atoms with van der Waals surface area (Å²) in [6, 6.07) is 8.13. The van der Waals surface area contributed by atoms with E-state index in [4.69, 9.17) is 4.42 Å². The van der Waals surface area contributed by atoms with Crippen molar-refractivity contribution in [2.45, 2.75) is 20.0 Å². The highest BCUT2D eigenvalue weighted by Crippen LogP contribution is 2.24. The number of hydrogen-bond donors (Lipinski definition) is 1. The summed E-state index contributed by atoms with van der Waals surface area (Å²) in [5.41, 5.74) is 1.06. The monoisotopic (exact) mass is 220 g/mol. The predicted octanol–water partition coefficient (Wildman–Crippen LogP) is 3.12. The average molecular weight is 220 g/mol. The van der Waals surface area contributed by atoms with Crippen LogP contribution < -0.4 is 0 Å². The zero-order chi connectivity index (χ0) is 11.7. The quantitative estimate of drug-likeness (QED) is 0.843. The van der Waals surface area contributed by atoms with E-state index in [1.165, 1.54) is 6.07 Å².